The Labute approximate surface area is 147 Å². The third kappa shape index (κ3) is 2.85. The van der Waals surface area contributed by atoms with Gasteiger partial charge in [0, 0.05) is 24.8 Å². The fourth-order valence-corrected chi connectivity index (χ4v) is 3.60. The van der Waals surface area contributed by atoms with E-state index in [0.29, 0.717) is 17.1 Å². The summed E-state index contributed by atoms with van der Waals surface area (Å²) >= 11 is 1.52. The number of likely N-dealkylation sites (N-methyl/N-ethyl adjacent to an activating group) is 1. The predicted octanol–water partition coefficient (Wildman–Crippen LogP) is 1.48. The number of hydrogen-bond donors (Lipinski definition) is 1. The molecule has 0 radical (unpaired) electrons. The van der Waals surface area contributed by atoms with E-state index < -0.39 is 6.10 Å². The predicted molar refractivity (Wildman–Crippen MR) is 94.1 cm³/mol. The fourth-order valence-electron chi connectivity index (χ4n) is 2.88. The van der Waals surface area contributed by atoms with Gasteiger partial charge in [0.15, 0.2) is 11.1 Å². The number of hydrogen-bond acceptors (Lipinski definition) is 5. The van der Waals surface area contributed by atoms with Crippen LogP contribution < -0.4 is 15.0 Å². The number of nitrogens with one attached hydrogen (secondary N) is 1. The van der Waals surface area contributed by atoms with Gasteiger partial charge in [0.2, 0.25) is 5.91 Å². The molecule has 1 atom stereocenters. The molecule has 0 bridgehead atoms. The van der Waals surface area contributed by atoms with Crippen LogP contribution in [-0.4, -0.2) is 40.9 Å². The van der Waals surface area contributed by atoms with E-state index in [2.05, 4.69) is 10.3 Å². The first-order valence-electron chi connectivity index (χ1n) is 7.84. The van der Waals surface area contributed by atoms with E-state index in [1.54, 1.807) is 18.0 Å². The fraction of sp³-hybridized carbons (Fsp3) is 0.235. The Morgan fingerprint density at radius 3 is 3.04 bits per heavy atom. The lowest BCUT2D eigenvalue weighted by molar-refractivity contribution is -0.127. The number of ether oxygens (including phenoxy) is 1. The number of amides is 2. The molecule has 25 heavy (non-hydrogen) atoms. The Hall–Kier alpha value is -2.87. The van der Waals surface area contributed by atoms with Crippen molar-refractivity contribution in [2.75, 3.05) is 18.5 Å². The first-order chi connectivity index (χ1) is 12.2. The van der Waals surface area contributed by atoms with Crippen LogP contribution in [0, 0.1) is 0 Å². The van der Waals surface area contributed by atoms with Gasteiger partial charge < -0.3 is 15.0 Å². The van der Waals surface area contributed by atoms with Crippen molar-refractivity contribution in [3.8, 4) is 5.75 Å². The number of carbonyl (C=O) groups excluding carboxylic acids is 2. The number of nitrogens with zero attached hydrogens (tertiary/aromatic N) is 3. The van der Waals surface area contributed by atoms with E-state index in [4.69, 9.17) is 4.74 Å². The highest BCUT2D eigenvalue weighted by Crippen LogP contribution is 2.33. The lowest BCUT2D eigenvalue weighted by atomic mass is 10.1. The van der Waals surface area contributed by atoms with Gasteiger partial charge in [0.05, 0.1) is 24.3 Å². The summed E-state index contributed by atoms with van der Waals surface area (Å²) in [5.41, 5.74) is 1.38. The van der Waals surface area contributed by atoms with Gasteiger partial charge in [0.1, 0.15) is 5.75 Å². The minimum absolute atomic E-state index is 0.115. The maximum Gasteiger partial charge on any atom is 0.262 e. The molecular formula is C17H16N4O3S. The number of imidazole rings is 1. The zero-order valence-corrected chi connectivity index (χ0v) is 14.3. The molecule has 0 fully saturated rings. The number of carbonyl (C=O) groups is 2. The normalized spacial score (nSPS) is 16.4. The Morgan fingerprint density at radius 2 is 2.24 bits per heavy atom. The van der Waals surface area contributed by atoms with Crippen LogP contribution >= 0.6 is 11.3 Å². The molecule has 3 heterocycles. The maximum atomic E-state index is 12.9. The molecule has 128 valence electrons. The largest absolute Gasteiger partial charge is 0.477 e. The minimum atomic E-state index is -0.727. The molecule has 2 amide bonds. The van der Waals surface area contributed by atoms with Crippen molar-refractivity contribution in [2.24, 2.45) is 0 Å². The van der Waals surface area contributed by atoms with Crippen LogP contribution in [0.4, 0.5) is 5.69 Å². The molecule has 1 aromatic carbocycles. The van der Waals surface area contributed by atoms with Crippen LogP contribution in [0.1, 0.15) is 5.69 Å². The first-order valence-corrected chi connectivity index (χ1v) is 8.72. The average molecular weight is 356 g/mol. The number of aromatic nitrogens is 2. The Kier molecular flexibility index (Phi) is 3.89. The second kappa shape index (κ2) is 6.21. The zero-order valence-electron chi connectivity index (χ0n) is 13.5. The molecule has 3 aromatic rings. The summed E-state index contributed by atoms with van der Waals surface area (Å²) < 4.78 is 7.62. The Bertz CT molecular complexity index is 920. The molecule has 0 saturated carbocycles. The van der Waals surface area contributed by atoms with Crippen molar-refractivity contribution in [2.45, 2.75) is 12.5 Å². The van der Waals surface area contributed by atoms with Gasteiger partial charge in [-0.2, -0.15) is 0 Å². The van der Waals surface area contributed by atoms with Crippen molar-refractivity contribution in [1.29, 1.82) is 0 Å². The van der Waals surface area contributed by atoms with Crippen LogP contribution in [0.15, 0.2) is 42.0 Å². The summed E-state index contributed by atoms with van der Waals surface area (Å²) in [5, 5.41) is 4.52. The molecule has 8 heteroatoms. The highest BCUT2D eigenvalue weighted by molar-refractivity contribution is 7.15. The molecule has 0 saturated heterocycles. The molecule has 1 aliphatic rings. The van der Waals surface area contributed by atoms with Crippen LogP contribution in [0.25, 0.3) is 4.96 Å². The zero-order chi connectivity index (χ0) is 17.4. The second-order valence-corrected chi connectivity index (χ2v) is 6.57. The quantitative estimate of drug-likeness (QED) is 0.771. The summed E-state index contributed by atoms with van der Waals surface area (Å²) in [6.07, 6.45) is 3.21. The lowest BCUT2D eigenvalue weighted by Gasteiger charge is -2.33. The van der Waals surface area contributed by atoms with Crippen LogP contribution in [0.2, 0.25) is 0 Å². The standard InChI is InChI=1S/C17H16N4O3S/c1-18-16(23)14-10-21(12-4-2-3-5-13(12)24-14)15(22)8-11-9-20-6-7-25-17(20)19-11/h2-7,9,14H,8,10H2,1H3,(H,18,23)/t14-/m1/s1. The van der Waals surface area contributed by atoms with Gasteiger partial charge in [-0.05, 0) is 12.1 Å². The number of benzene rings is 1. The maximum absolute atomic E-state index is 12.9. The summed E-state index contributed by atoms with van der Waals surface area (Å²) in [6, 6.07) is 7.24. The SMILES string of the molecule is CNC(=O)[C@H]1CN(C(=O)Cc2cn3ccsc3n2)c2ccccc2O1. The number of fused-ring (bicyclic) bond motifs is 2. The molecule has 1 aliphatic heterocycles. The molecule has 4 rings (SSSR count). The number of anilines is 1. The molecule has 2 aromatic heterocycles. The van der Waals surface area contributed by atoms with E-state index in [-0.39, 0.29) is 24.8 Å². The highest BCUT2D eigenvalue weighted by atomic mass is 32.1. The van der Waals surface area contributed by atoms with Crippen LogP contribution in [0.3, 0.4) is 0 Å². The summed E-state index contributed by atoms with van der Waals surface area (Å²) in [5.74, 6) is 0.159. The Morgan fingerprint density at radius 1 is 1.40 bits per heavy atom. The van der Waals surface area contributed by atoms with Crippen molar-refractivity contribution in [3.05, 3.63) is 47.7 Å². The van der Waals surface area contributed by atoms with E-state index in [1.807, 2.05) is 40.4 Å². The summed E-state index contributed by atoms with van der Waals surface area (Å²) in [7, 11) is 1.55. The van der Waals surface area contributed by atoms with Gasteiger partial charge in [0.25, 0.3) is 5.91 Å². The molecule has 0 unspecified atom stereocenters. The van der Waals surface area contributed by atoms with Crippen molar-refractivity contribution < 1.29 is 14.3 Å². The second-order valence-electron chi connectivity index (χ2n) is 5.69. The van der Waals surface area contributed by atoms with Crippen LogP contribution in [-0.2, 0) is 16.0 Å². The highest BCUT2D eigenvalue weighted by Gasteiger charge is 2.33. The summed E-state index contributed by atoms with van der Waals surface area (Å²) in [6.45, 7) is 0.178. The number of para-hydroxylation sites is 2. The molecule has 7 nitrogen and oxygen atoms in total. The Balaban J connectivity index is 1.61. The third-order valence-electron chi connectivity index (χ3n) is 4.09. The van der Waals surface area contributed by atoms with Gasteiger partial charge in [-0.3, -0.25) is 14.0 Å². The van der Waals surface area contributed by atoms with E-state index in [0.717, 1.165) is 4.96 Å². The lowest BCUT2D eigenvalue weighted by Crippen LogP contribution is -2.50. The summed E-state index contributed by atoms with van der Waals surface area (Å²) in [4.78, 5) is 31.8. The van der Waals surface area contributed by atoms with Gasteiger partial charge in [-0.25, -0.2) is 4.98 Å². The van der Waals surface area contributed by atoms with E-state index >= 15 is 0 Å². The van der Waals surface area contributed by atoms with Crippen LogP contribution in [0.5, 0.6) is 5.75 Å². The van der Waals surface area contributed by atoms with Gasteiger partial charge >= 0.3 is 0 Å². The first kappa shape index (κ1) is 15.6. The third-order valence-corrected chi connectivity index (χ3v) is 4.86. The minimum Gasteiger partial charge on any atom is -0.477 e. The van der Waals surface area contributed by atoms with E-state index in [1.165, 1.54) is 11.3 Å². The topological polar surface area (TPSA) is 75.9 Å². The molecule has 0 aliphatic carbocycles. The number of thiazole rings is 1. The molecule has 0 spiro atoms. The van der Waals surface area contributed by atoms with E-state index in [9.17, 15) is 9.59 Å². The molecule has 1 N–H and O–H groups in total. The monoisotopic (exact) mass is 356 g/mol. The van der Waals surface area contributed by atoms with Gasteiger partial charge in [-0.15, -0.1) is 11.3 Å². The average Bonchev–Trinajstić information content (AvgIpc) is 3.21. The van der Waals surface area contributed by atoms with Crippen molar-refractivity contribution in [1.82, 2.24) is 14.7 Å². The molecular weight excluding hydrogens is 340 g/mol. The number of rotatable bonds is 3. The smallest absolute Gasteiger partial charge is 0.262 e. The van der Waals surface area contributed by atoms with Gasteiger partial charge in [-0.1, -0.05) is 12.1 Å². The van der Waals surface area contributed by atoms with Crippen molar-refractivity contribution >= 4 is 33.8 Å². The van der Waals surface area contributed by atoms with Crippen molar-refractivity contribution in [3.63, 3.8) is 0 Å².